The van der Waals surface area contributed by atoms with E-state index in [9.17, 15) is 0 Å². The van der Waals surface area contributed by atoms with Crippen LogP contribution in [0.4, 0.5) is 11.4 Å². The molecule has 0 saturated heterocycles. The van der Waals surface area contributed by atoms with Gasteiger partial charge in [-0.25, -0.2) is 9.97 Å². The zero-order chi connectivity index (χ0) is 12.7. The molecule has 4 nitrogen and oxygen atoms in total. The molecule has 2 heterocycles. The Morgan fingerprint density at radius 2 is 1.59 bits per heavy atom. The molecule has 0 aliphatic rings. The summed E-state index contributed by atoms with van der Waals surface area (Å²) in [6, 6.07) is 6.97. The Morgan fingerprint density at radius 1 is 1.00 bits per heavy atom. The molecule has 0 unspecified atom stereocenters. The van der Waals surface area contributed by atoms with Gasteiger partial charge in [0.15, 0.2) is 0 Å². The molecule has 0 fully saturated rings. The van der Waals surface area contributed by atoms with Gasteiger partial charge in [0.2, 0.25) is 0 Å². The van der Waals surface area contributed by atoms with E-state index >= 15 is 0 Å². The van der Waals surface area contributed by atoms with Gasteiger partial charge in [-0.2, -0.15) is 0 Å². The summed E-state index contributed by atoms with van der Waals surface area (Å²) in [6.45, 7) is 0. The summed E-state index contributed by atoms with van der Waals surface area (Å²) in [6.07, 6.45) is 3.20. The highest BCUT2D eigenvalue weighted by molar-refractivity contribution is 6.29. The van der Waals surface area contributed by atoms with Crippen LogP contribution in [-0.2, 0) is 0 Å². The van der Waals surface area contributed by atoms with E-state index in [1.807, 2.05) is 13.1 Å². The fourth-order valence-electron chi connectivity index (χ4n) is 0.911. The average Bonchev–Trinajstić information content (AvgIpc) is 2.35. The molecule has 0 aromatic carbocycles. The van der Waals surface area contributed by atoms with Crippen LogP contribution in [0.25, 0.3) is 0 Å². The molecule has 90 valence electrons. The Hall–Kier alpha value is -1.52. The lowest BCUT2D eigenvalue weighted by Crippen LogP contribution is -1.87. The van der Waals surface area contributed by atoms with Crippen molar-refractivity contribution in [2.24, 2.45) is 0 Å². The lowest BCUT2D eigenvalue weighted by atomic mass is 10.4. The first-order valence-corrected chi connectivity index (χ1v) is 5.53. The quantitative estimate of drug-likeness (QED) is 0.782. The highest BCUT2D eigenvalue weighted by atomic mass is 35.5. The lowest BCUT2D eigenvalue weighted by Gasteiger charge is -1.95. The topological polar surface area (TPSA) is 63.8 Å². The SMILES string of the molecule is CNc1ccc(Cl)nc1.Nc1ccc(Cl)nc1. The van der Waals surface area contributed by atoms with Crippen molar-refractivity contribution in [3.63, 3.8) is 0 Å². The molecule has 0 amide bonds. The summed E-state index contributed by atoms with van der Waals surface area (Å²) < 4.78 is 0. The molecule has 6 heteroatoms. The normalized spacial score (nSPS) is 9.12. The zero-order valence-electron chi connectivity index (χ0n) is 9.19. The molecule has 0 spiro atoms. The largest absolute Gasteiger partial charge is 0.397 e. The number of halogens is 2. The molecule has 17 heavy (non-hydrogen) atoms. The predicted octanol–water partition coefficient (Wildman–Crippen LogP) is 3.09. The summed E-state index contributed by atoms with van der Waals surface area (Å²) in [5.41, 5.74) is 6.91. The molecule has 0 radical (unpaired) electrons. The third-order valence-electron chi connectivity index (χ3n) is 1.77. The standard InChI is InChI=1S/C6H7ClN2.C5H5ClN2/c1-8-5-2-3-6(7)9-4-5;6-5-2-1-4(7)3-8-5/h2-4,8H,1H3;1-3H,7H2. The maximum Gasteiger partial charge on any atom is 0.129 e. The van der Waals surface area contributed by atoms with Gasteiger partial charge in [-0.3, -0.25) is 0 Å². The van der Waals surface area contributed by atoms with E-state index in [0.717, 1.165) is 5.69 Å². The number of anilines is 2. The predicted molar refractivity (Wildman–Crippen MR) is 72.5 cm³/mol. The Bertz CT molecular complexity index is 421. The monoisotopic (exact) mass is 270 g/mol. The van der Waals surface area contributed by atoms with Crippen molar-refractivity contribution in [3.05, 3.63) is 47.0 Å². The summed E-state index contributed by atoms with van der Waals surface area (Å²) in [4.78, 5) is 7.57. The van der Waals surface area contributed by atoms with Crippen LogP contribution in [0.1, 0.15) is 0 Å². The van der Waals surface area contributed by atoms with Crippen LogP contribution in [0.15, 0.2) is 36.7 Å². The number of nitrogen functional groups attached to an aromatic ring is 1. The van der Waals surface area contributed by atoms with E-state index in [2.05, 4.69) is 15.3 Å². The van der Waals surface area contributed by atoms with Crippen LogP contribution in [0.3, 0.4) is 0 Å². The fraction of sp³-hybridized carbons (Fsp3) is 0.0909. The molecule has 2 rings (SSSR count). The van der Waals surface area contributed by atoms with Gasteiger partial charge in [0.25, 0.3) is 0 Å². The van der Waals surface area contributed by atoms with Crippen molar-refractivity contribution < 1.29 is 0 Å². The van der Waals surface area contributed by atoms with Crippen molar-refractivity contribution in [2.75, 3.05) is 18.1 Å². The van der Waals surface area contributed by atoms with E-state index in [4.69, 9.17) is 28.9 Å². The molecule has 0 bridgehead atoms. The number of hydrogen-bond acceptors (Lipinski definition) is 4. The van der Waals surface area contributed by atoms with Crippen LogP contribution in [0.2, 0.25) is 10.3 Å². The molecule has 0 aliphatic carbocycles. The Morgan fingerprint density at radius 3 is 1.94 bits per heavy atom. The van der Waals surface area contributed by atoms with E-state index in [0.29, 0.717) is 16.0 Å². The second-order valence-electron chi connectivity index (χ2n) is 3.03. The van der Waals surface area contributed by atoms with Crippen molar-refractivity contribution in [2.45, 2.75) is 0 Å². The molecular formula is C11H12Cl2N4. The van der Waals surface area contributed by atoms with Crippen molar-refractivity contribution in [3.8, 4) is 0 Å². The van der Waals surface area contributed by atoms with Crippen LogP contribution in [0.5, 0.6) is 0 Å². The highest BCUT2D eigenvalue weighted by Crippen LogP contribution is 2.07. The van der Waals surface area contributed by atoms with Crippen LogP contribution in [-0.4, -0.2) is 17.0 Å². The maximum atomic E-state index is 5.53. The third kappa shape index (κ3) is 5.38. The van der Waals surface area contributed by atoms with Gasteiger partial charge >= 0.3 is 0 Å². The van der Waals surface area contributed by atoms with Gasteiger partial charge in [0, 0.05) is 7.05 Å². The van der Waals surface area contributed by atoms with Crippen LogP contribution < -0.4 is 11.1 Å². The van der Waals surface area contributed by atoms with E-state index in [1.54, 1.807) is 24.4 Å². The average molecular weight is 271 g/mol. The summed E-state index contributed by atoms with van der Waals surface area (Å²) in [7, 11) is 1.84. The fourth-order valence-corrected chi connectivity index (χ4v) is 1.13. The molecule has 0 atom stereocenters. The minimum atomic E-state index is 0.471. The van der Waals surface area contributed by atoms with Crippen molar-refractivity contribution in [1.29, 1.82) is 0 Å². The minimum Gasteiger partial charge on any atom is -0.397 e. The van der Waals surface area contributed by atoms with Gasteiger partial charge in [0.1, 0.15) is 10.3 Å². The molecule has 0 saturated carbocycles. The van der Waals surface area contributed by atoms with Gasteiger partial charge in [-0.05, 0) is 24.3 Å². The number of rotatable bonds is 1. The van der Waals surface area contributed by atoms with E-state index in [1.165, 1.54) is 6.20 Å². The molecule has 2 aromatic rings. The third-order valence-corrected chi connectivity index (χ3v) is 2.21. The summed E-state index contributed by atoms with van der Waals surface area (Å²) in [5.74, 6) is 0. The number of nitrogens with one attached hydrogen (secondary N) is 1. The van der Waals surface area contributed by atoms with Crippen molar-refractivity contribution in [1.82, 2.24) is 9.97 Å². The second kappa shape index (κ2) is 6.93. The van der Waals surface area contributed by atoms with Gasteiger partial charge in [-0.15, -0.1) is 0 Å². The maximum absolute atomic E-state index is 5.53. The number of hydrogen-bond donors (Lipinski definition) is 2. The number of aromatic nitrogens is 2. The van der Waals surface area contributed by atoms with E-state index in [-0.39, 0.29) is 0 Å². The van der Waals surface area contributed by atoms with Gasteiger partial charge in [-0.1, -0.05) is 23.2 Å². The van der Waals surface area contributed by atoms with Crippen LogP contribution in [0, 0.1) is 0 Å². The highest BCUT2D eigenvalue weighted by Gasteiger charge is 1.87. The molecular weight excluding hydrogens is 259 g/mol. The summed E-state index contributed by atoms with van der Waals surface area (Å²) >= 11 is 11.0. The van der Waals surface area contributed by atoms with Crippen LogP contribution >= 0.6 is 23.2 Å². The first kappa shape index (κ1) is 13.5. The van der Waals surface area contributed by atoms with Crippen molar-refractivity contribution >= 4 is 34.6 Å². The van der Waals surface area contributed by atoms with E-state index < -0.39 is 0 Å². The molecule has 3 N–H and O–H groups in total. The van der Waals surface area contributed by atoms with Gasteiger partial charge in [0.05, 0.1) is 23.8 Å². The molecule has 2 aromatic heterocycles. The number of nitrogens with zero attached hydrogens (tertiary/aromatic N) is 2. The Labute approximate surface area is 110 Å². The number of pyridine rings is 2. The molecule has 0 aliphatic heterocycles. The lowest BCUT2D eigenvalue weighted by molar-refractivity contribution is 1.31. The van der Waals surface area contributed by atoms with Gasteiger partial charge < -0.3 is 11.1 Å². The number of nitrogens with two attached hydrogens (primary N) is 1. The zero-order valence-corrected chi connectivity index (χ0v) is 10.7. The summed E-state index contributed by atoms with van der Waals surface area (Å²) in [5, 5.41) is 3.93. The Kier molecular flexibility index (Phi) is 5.52. The first-order valence-electron chi connectivity index (χ1n) is 4.78. The smallest absolute Gasteiger partial charge is 0.129 e. The second-order valence-corrected chi connectivity index (χ2v) is 3.81. The minimum absolute atomic E-state index is 0.471. The first-order chi connectivity index (χ1) is 8.11. The Balaban J connectivity index is 0.000000171.